The predicted octanol–water partition coefficient (Wildman–Crippen LogP) is 4.27. The average Bonchev–Trinajstić information content (AvgIpc) is 3.33. The van der Waals surface area contributed by atoms with Crippen molar-refractivity contribution in [1.82, 2.24) is 15.1 Å². The molecule has 3 unspecified atom stereocenters. The van der Waals surface area contributed by atoms with Gasteiger partial charge in [-0.2, -0.15) is 0 Å². The van der Waals surface area contributed by atoms with Gasteiger partial charge in [0.25, 0.3) is 5.91 Å². The number of ether oxygens (including phenoxy) is 1. The molecule has 0 saturated carbocycles. The number of imide groups is 1. The lowest BCUT2D eigenvalue weighted by atomic mass is 9.97. The van der Waals surface area contributed by atoms with Crippen molar-refractivity contribution in [2.45, 2.75) is 58.8 Å². The van der Waals surface area contributed by atoms with Gasteiger partial charge in [-0.1, -0.05) is 30.8 Å². The molecule has 0 aromatic heterocycles. The molecule has 0 spiro atoms. The number of rotatable bonds is 3. The van der Waals surface area contributed by atoms with Crippen LogP contribution in [0, 0.1) is 16.7 Å². The summed E-state index contributed by atoms with van der Waals surface area (Å²) in [6.07, 6.45) is 2.18. The summed E-state index contributed by atoms with van der Waals surface area (Å²) in [6, 6.07) is 7.45. The molecule has 1 fully saturated rings. The molecule has 1 saturated heterocycles. The number of hydrogen-bond donors (Lipinski definition) is 3. The molecule has 1 aromatic rings. The average molecular weight is 462 g/mol. The number of amidine groups is 1. The number of nitrogens with one attached hydrogen (secondary N) is 3. The number of benzene rings is 1. The minimum Gasteiger partial charge on any atom is -0.443 e. The summed E-state index contributed by atoms with van der Waals surface area (Å²) in [6.45, 7) is 13.3. The molecule has 178 valence electrons. The van der Waals surface area contributed by atoms with Gasteiger partial charge in [-0.05, 0) is 63.3 Å². The summed E-state index contributed by atoms with van der Waals surface area (Å²) in [7, 11) is 0. The summed E-state index contributed by atoms with van der Waals surface area (Å²) < 4.78 is 5.59. The lowest BCUT2D eigenvalue weighted by Gasteiger charge is -2.28. The van der Waals surface area contributed by atoms with Crippen LogP contribution in [0.3, 0.4) is 0 Å². The van der Waals surface area contributed by atoms with Crippen LogP contribution >= 0.6 is 0 Å². The van der Waals surface area contributed by atoms with Crippen molar-refractivity contribution in [3.8, 4) is 0 Å². The first-order valence-electron chi connectivity index (χ1n) is 11.3. The van der Waals surface area contributed by atoms with Crippen LogP contribution in [0.25, 0.3) is 0 Å². The third kappa shape index (κ3) is 3.73. The lowest BCUT2D eigenvalue weighted by Crippen LogP contribution is -2.44. The predicted molar refractivity (Wildman–Crippen MR) is 130 cm³/mol. The Kier molecular flexibility index (Phi) is 5.71. The Morgan fingerprint density at radius 3 is 2.56 bits per heavy atom. The number of likely N-dealkylation sites (tertiary alicyclic amines) is 1. The minimum atomic E-state index is -0.729. The molecule has 4 rings (SSSR count). The molecule has 1 aliphatic carbocycles. The van der Waals surface area contributed by atoms with Gasteiger partial charge >= 0.3 is 6.09 Å². The summed E-state index contributed by atoms with van der Waals surface area (Å²) in [5.74, 6) is -0.581. The molecule has 8 heteroatoms. The number of hydrogen-bond acceptors (Lipinski definition) is 6. The Bertz CT molecular complexity index is 1170. The molecule has 3 atom stereocenters. The number of amides is 2. The maximum absolute atomic E-state index is 13.5. The zero-order valence-corrected chi connectivity index (χ0v) is 20.2. The topological polar surface area (TPSA) is 110 Å². The van der Waals surface area contributed by atoms with Gasteiger partial charge in [0.05, 0.1) is 12.3 Å². The second-order valence-corrected chi connectivity index (χ2v) is 9.93. The minimum absolute atomic E-state index is 0.00335. The lowest BCUT2D eigenvalue weighted by molar-refractivity contribution is -0.125. The molecule has 1 aromatic carbocycles. The Morgan fingerprint density at radius 2 is 1.91 bits per heavy atom. The van der Waals surface area contributed by atoms with Crippen LogP contribution in [0.1, 0.15) is 51.8 Å². The molecule has 8 nitrogen and oxygen atoms in total. The number of fused-ring (bicyclic) bond motifs is 3. The third-order valence-electron chi connectivity index (χ3n) is 6.70. The van der Waals surface area contributed by atoms with Gasteiger partial charge in [0, 0.05) is 23.4 Å². The van der Waals surface area contributed by atoms with Gasteiger partial charge in [-0.25, -0.2) is 9.69 Å². The molecular formula is C26H31N5O3. The summed E-state index contributed by atoms with van der Waals surface area (Å²) in [5.41, 5.74) is 4.36. The fraction of sp³-hybridized carbons (Fsp3) is 0.385. The highest BCUT2D eigenvalue weighted by atomic mass is 16.6. The standard InChI is InChI=1S/C26H31N5O3/c1-14-15(2)23(30(16(14)3)21(28)12-27)29-13-20-19-11-17-9-7-8-10-18(17)22(19)31(24(20)32)25(33)34-26(4,5)6/h7-10,12-13,19,22-23,27-29H,3,11H2,1-2,4-6H3/b20-13+,27-12?,28-21?. The van der Waals surface area contributed by atoms with Crippen molar-refractivity contribution in [1.29, 1.82) is 10.8 Å². The zero-order valence-electron chi connectivity index (χ0n) is 20.2. The number of carbonyl (C=O) groups excluding carboxylic acids is 2. The monoisotopic (exact) mass is 461 g/mol. The fourth-order valence-electron chi connectivity index (χ4n) is 4.96. The molecule has 2 aliphatic heterocycles. The van der Waals surface area contributed by atoms with Gasteiger partial charge in [-0.15, -0.1) is 0 Å². The quantitative estimate of drug-likeness (QED) is 0.354. The van der Waals surface area contributed by atoms with E-state index in [1.165, 1.54) is 4.90 Å². The van der Waals surface area contributed by atoms with Crippen molar-refractivity contribution in [2.75, 3.05) is 0 Å². The Labute approximate surface area is 200 Å². The molecule has 3 N–H and O–H groups in total. The maximum atomic E-state index is 13.5. The highest BCUT2D eigenvalue weighted by Crippen LogP contribution is 2.50. The van der Waals surface area contributed by atoms with Crippen LogP contribution in [-0.2, 0) is 16.0 Å². The van der Waals surface area contributed by atoms with E-state index in [2.05, 4.69) is 11.9 Å². The highest BCUT2D eigenvalue weighted by Gasteiger charge is 2.53. The van der Waals surface area contributed by atoms with Crippen molar-refractivity contribution in [3.63, 3.8) is 0 Å². The van der Waals surface area contributed by atoms with Crippen molar-refractivity contribution in [2.24, 2.45) is 5.92 Å². The zero-order chi connectivity index (χ0) is 24.9. The number of allylic oxidation sites excluding steroid dienone is 1. The van der Waals surface area contributed by atoms with Gasteiger partial charge in [0.1, 0.15) is 17.6 Å². The van der Waals surface area contributed by atoms with E-state index in [0.717, 1.165) is 28.5 Å². The van der Waals surface area contributed by atoms with Crippen LogP contribution in [0.5, 0.6) is 0 Å². The molecule has 0 radical (unpaired) electrons. The SMILES string of the molecule is C=C1C(C)=C(C)C(N/C=C2/C(=O)N(C(=O)OC(C)(C)C)C3c4ccccc4CC23)N1C(=N)C=N. The highest BCUT2D eigenvalue weighted by molar-refractivity contribution is 6.27. The largest absolute Gasteiger partial charge is 0.443 e. The second kappa shape index (κ2) is 8.27. The molecular weight excluding hydrogens is 430 g/mol. The van der Waals surface area contributed by atoms with Crippen LogP contribution in [0.15, 0.2) is 59.5 Å². The normalized spacial score (nSPS) is 25.1. The van der Waals surface area contributed by atoms with E-state index in [9.17, 15) is 9.59 Å². The van der Waals surface area contributed by atoms with E-state index >= 15 is 0 Å². The number of carbonyl (C=O) groups is 2. The molecule has 2 heterocycles. The molecule has 3 aliphatic rings. The summed E-state index contributed by atoms with van der Waals surface area (Å²) in [4.78, 5) is 29.5. The van der Waals surface area contributed by atoms with E-state index < -0.39 is 23.9 Å². The van der Waals surface area contributed by atoms with Gasteiger partial charge < -0.3 is 20.4 Å². The summed E-state index contributed by atoms with van der Waals surface area (Å²) >= 11 is 0. The van der Waals surface area contributed by atoms with E-state index in [0.29, 0.717) is 17.7 Å². The molecule has 2 amide bonds. The van der Waals surface area contributed by atoms with E-state index in [4.69, 9.17) is 15.6 Å². The summed E-state index contributed by atoms with van der Waals surface area (Å²) in [5, 5.41) is 19.0. The van der Waals surface area contributed by atoms with E-state index in [-0.39, 0.29) is 17.7 Å². The Hall–Kier alpha value is -3.68. The second-order valence-electron chi connectivity index (χ2n) is 9.93. The van der Waals surface area contributed by atoms with Crippen LogP contribution in [0.4, 0.5) is 4.79 Å². The van der Waals surface area contributed by atoms with Gasteiger partial charge in [-0.3, -0.25) is 10.2 Å². The smallest absolute Gasteiger partial charge is 0.417 e. The third-order valence-corrected chi connectivity index (χ3v) is 6.70. The van der Waals surface area contributed by atoms with E-state index in [1.807, 2.05) is 38.1 Å². The fourth-order valence-corrected chi connectivity index (χ4v) is 4.96. The first-order chi connectivity index (χ1) is 16.0. The molecule has 34 heavy (non-hydrogen) atoms. The van der Waals surface area contributed by atoms with Crippen LogP contribution in [-0.4, -0.2) is 45.6 Å². The molecule has 0 bridgehead atoms. The van der Waals surface area contributed by atoms with Crippen LogP contribution < -0.4 is 5.32 Å². The van der Waals surface area contributed by atoms with Gasteiger partial charge in [0.2, 0.25) is 0 Å². The van der Waals surface area contributed by atoms with E-state index in [1.54, 1.807) is 31.9 Å². The first-order valence-corrected chi connectivity index (χ1v) is 11.3. The van der Waals surface area contributed by atoms with Crippen molar-refractivity contribution >= 4 is 24.1 Å². The first kappa shape index (κ1) is 23.5. The number of nitrogens with zero attached hydrogens (tertiary/aromatic N) is 2. The van der Waals surface area contributed by atoms with Crippen molar-refractivity contribution in [3.05, 3.63) is 70.6 Å². The Balaban J connectivity index is 1.70. The Morgan fingerprint density at radius 1 is 1.24 bits per heavy atom. The van der Waals surface area contributed by atoms with Crippen molar-refractivity contribution < 1.29 is 14.3 Å². The van der Waals surface area contributed by atoms with Crippen LogP contribution in [0.2, 0.25) is 0 Å². The maximum Gasteiger partial charge on any atom is 0.417 e. The van der Waals surface area contributed by atoms with Gasteiger partial charge in [0.15, 0.2) is 0 Å².